The van der Waals surface area contributed by atoms with E-state index in [4.69, 9.17) is 18.9 Å². The van der Waals surface area contributed by atoms with Gasteiger partial charge in [-0.05, 0) is 61.0 Å². The van der Waals surface area contributed by atoms with Crippen molar-refractivity contribution in [3.8, 4) is 11.5 Å². The summed E-state index contributed by atoms with van der Waals surface area (Å²) in [5.41, 5.74) is 1.81. The van der Waals surface area contributed by atoms with E-state index in [0.29, 0.717) is 5.41 Å². The average Bonchev–Trinajstić information content (AvgIpc) is 2.80. The molecule has 33 heavy (non-hydrogen) atoms. The molecule has 3 saturated carbocycles. The van der Waals surface area contributed by atoms with Gasteiger partial charge in [0.05, 0.1) is 34.0 Å². The number of benzene rings is 1. The molecule has 0 amide bonds. The zero-order valence-electron chi connectivity index (χ0n) is 20.7. The maximum Gasteiger partial charge on any atom is 0.161 e. The van der Waals surface area contributed by atoms with Crippen LogP contribution in [0.25, 0.3) is 0 Å². The van der Waals surface area contributed by atoms with Crippen molar-refractivity contribution in [3.63, 3.8) is 0 Å². The third-order valence-electron chi connectivity index (χ3n) is 8.82. The smallest absolute Gasteiger partial charge is 0.161 e. The number of quaternary nitrogens is 1. The number of rotatable bonds is 10. The van der Waals surface area contributed by atoms with Crippen LogP contribution in [-0.4, -0.2) is 64.8 Å². The van der Waals surface area contributed by atoms with E-state index in [0.717, 1.165) is 90.8 Å². The van der Waals surface area contributed by atoms with Gasteiger partial charge < -0.3 is 40.4 Å². The van der Waals surface area contributed by atoms with Crippen LogP contribution >= 0.6 is 15.9 Å². The Kier molecular flexibility index (Phi) is 9.58. The molecule has 7 heteroatoms. The number of methoxy groups -OCH3 is 2. The molecule has 0 spiro atoms. The second kappa shape index (κ2) is 11.6. The number of hydrogen-bond donors (Lipinski definition) is 0. The fourth-order valence-electron chi connectivity index (χ4n) is 6.47. The molecule has 1 aromatic carbocycles. The number of morpholine rings is 1. The molecule has 4 aliphatic rings. The zero-order chi connectivity index (χ0) is 22.8. The summed E-state index contributed by atoms with van der Waals surface area (Å²) in [5.74, 6) is 4.30. The third kappa shape index (κ3) is 5.91. The molecule has 0 N–H and O–H groups in total. The lowest BCUT2D eigenvalue weighted by Crippen LogP contribution is -3.00. The van der Waals surface area contributed by atoms with E-state index >= 15 is 0 Å². The fourth-order valence-corrected chi connectivity index (χ4v) is 6.92. The van der Waals surface area contributed by atoms with Gasteiger partial charge in [0.25, 0.3) is 0 Å². The second-order valence-corrected chi connectivity index (χ2v) is 11.5. The first kappa shape index (κ1) is 27.3. The molecule has 1 heterocycles. The van der Waals surface area contributed by atoms with Gasteiger partial charge in [-0.3, -0.25) is 0 Å². The molecule has 4 fully saturated rings. The molecule has 5 rings (SSSR count). The van der Waals surface area contributed by atoms with E-state index < -0.39 is 0 Å². The average molecular weight is 591 g/mol. The molecule has 188 valence electrons. The Labute approximate surface area is 219 Å². The van der Waals surface area contributed by atoms with Gasteiger partial charge in [0, 0.05) is 16.6 Å². The summed E-state index contributed by atoms with van der Waals surface area (Å²) in [6, 6.07) is 4.12. The minimum atomic E-state index is 0. The highest BCUT2D eigenvalue weighted by Gasteiger charge is 2.53. The van der Waals surface area contributed by atoms with Crippen molar-refractivity contribution >= 4 is 15.9 Å². The first-order chi connectivity index (χ1) is 15.4. The van der Waals surface area contributed by atoms with Crippen molar-refractivity contribution in [2.45, 2.75) is 46.1 Å². The lowest BCUT2D eigenvalue weighted by atomic mass is 9.45. The minimum absolute atomic E-state index is 0. The van der Waals surface area contributed by atoms with Crippen molar-refractivity contribution in [2.24, 2.45) is 23.2 Å². The molecule has 0 radical (unpaired) electrons. The van der Waals surface area contributed by atoms with Crippen LogP contribution in [0, 0.1) is 23.2 Å². The maximum absolute atomic E-state index is 6.23. The predicted molar refractivity (Wildman–Crippen MR) is 130 cm³/mol. The lowest BCUT2D eigenvalue weighted by molar-refractivity contribution is -0.947. The highest BCUT2D eigenvalue weighted by molar-refractivity contribution is 9.10. The van der Waals surface area contributed by atoms with Crippen LogP contribution in [0.4, 0.5) is 0 Å². The Morgan fingerprint density at radius 3 is 2.39 bits per heavy atom. The van der Waals surface area contributed by atoms with Crippen LogP contribution in [0.3, 0.4) is 0 Å². The van der Waals surface area contributed by atoms with Gasteiger partial charge >= 0.3 is 0 Å². The summed E-state index contributed by atoms with van der Waals surface area (Å²) >= 11 is 3.75. The van der Waals surface area contributed by atoms with Gasteiger partial charge in [-0.25, -0.2) is 0 Å². The van der Waals surface area contributed by atoms with E-state index in [1.54, 1.807) is 14.2 Å². The molecule has 2 bridgehead atoms. The Morgan fingerprint density at radius 2 is 1.76 bits per heavy atom. The van der Waals surface area contributed by atoms with E-state index in [2.05, 4.69) is 35.8 Å². The van der Waals surface area contributed by atoms with Crippen LogP contribution in [-0.2, 0) is 16.0 Å². The molecular weight excluding hydrogens is 550 g/mol. The van der Waals surface area contributed by atoms with Crippen LogP contribution in [0.1, 0.15) is 45.1 Å². The molecule has 3 aliphatic carbocycles. The summed E-state index contributed by atoms with van der Waals surface area (Å²) in [6.45, 7) is 12.3. The minimum Gasteiger partial charge on any atom is -1.00 e. The Bertz CT molecular complexity index is 780. The normalized spacial score (nSPS) is 27.2. The monoisotopic (exact) mass is 589 g/mol. The van der Waals surface area contributed by atoms with Gasteiger partial charge in [0.15, 0.2) is 11.5 Å². The van der Waals surface area contributed by atoms with Crippen molar-refractivity contribution in [1.82, 2.24) is 0 Å². The lowest BCUT2D eigenvalue weighted by Gasteiger charge is -2.60. The first-order valence-corrected chi connectivity index (χ1v) is 13.1. The van der Waals surface area contributed by atoms with Crippen molar-refractivity contribution in [2.75, 3.05) is 60.3 Å². The molecule has 0 unspecified atom stereocenters. The SMILES string of the molecule is COc1cc(Br)c(C[N+]2(CCOCC[C@H]3CC[C@@H]4C[C@H]3C4(C)C)CCOCC2)cc1OC.[Br-]. The Hall–Kier alpha value is -0.340. The van der Waals surface area contributed by atoms with Crippen molar-refractivity contribution < 1.29 is 40.4 Å². The predicted octanol–water partition coefficient (Wildman–Crippen LogP) is 2.30. The summed E-state index contributed by atoms with van der Waals surface area (Å²) in [7, 11) is 3.37. The Balaban J connectivity index is 0.00000306. The van der Waals surface area contributed by atoms with Crippen LogP contribution in [0.15, 0.2) is 16.6 Å². The van der Waals surface area contributed by atoms with Gasteiger partial charge in [0.2, 0.25) is 0 Å². The van der Waals surface area contributed by atoms with Crippen LogP contribution < -0.4 is 26.5 Å². The molecule has 5 nitrogen and oxygen atoms in total. The topological polar surface area (TPSA) is 36.9 Å². The molecule has 3 atom stereocenters. The zero-order valence-corrected chi connectivity index (χ0v) is 23.9. The van der Waals surface area contributed by atoms with E-state index in [1.165, 1.54) is 31.2 Å². The van der Waals surface area contributed by atoms with Crippen LogP contribution in [0.5, 0.6) is 11.5 Å². The molecule has 1 aliphatic heterocycles. The Morgan fingerprint density at radius 1 is 1.06 bits per heavy atom. The maximum atomic E-state index is 6.23. The first-order valence-electron chi connectivity index (χ1n) is 12.3. The van der Waals surface area contributed by atoms with E-state index in [9.17, 15) is 0 Å². The quantitative estimate of drug-likeness (QED) is 0.310. The third-order valence-corrected chi connectivity index (χ3v) is 9.56. The van der Waals surface area contributed by atoms with E-state index in [-0.39, 0.29) is 17.0 Å². The standard InChI is InChI=1S/C26H41BrNO4.BrH/c1-26(2)21-6-5-19(22(26)16-21)7-11-31-12-8-28(9-13-32-14-10-28)18-20-15-24(29-3)25(30-4)17-23(20)27;/h15,17,19,21-22H,5-14,16,18H2,1-4H3;1H/q+1;/p-1/t19-,21-,22-;/m1./s1. The number of fused-ring (bicyclic) bond motifs is 2. The number of halogens is 2. The van der Waals surface area contributed by atoms with Crippen molar-refractivity contribution in [1.29, 1.82) is 0 Å². The summed E-state index contributed by atoms with van der Waals surface area (Å²) in [6.07, 6.45) is 5.52. The number of nitrogens with zero attached hydrogens (tertiary/aromatic N) is 1. The van der Waals surface area contributed by atoms with Gasteiger partial charge in [-0.15, -0.1) is 0 Å². The highest BCUT2D eigenvalue weighted by Crippen LogP contribution is 2.61. The summed E-state index contributed by atoms with van der Waals surface area (Å²) in [4.78, 5) is 0. The largest absolute Gasteiger partial charge is 1.00 e. The van der Waals surface area contributed by atoms with Gasteiger partial charge in [0.1, 0.15) is 26.2 Å². The second-order valence-electron chi connectivity index (χ2n) is 10.7. The van der Waals surface area contributed by atoms with Crippen molar-refractivity contribution in [3.05, 3.63) is 22.2 Å². The summed E-state index contributed by atoms with van der Waals surface area (Å²) in [5, 5.41) is 0. The summed E-state index contributed by atoms with van der Waals surface area (Å²) < 4.78 is 25.0. The number of hydrogen-bond acceptors (Lipinski definition) is 4. The molecule has 0 aromatic heterocycles. The molecule has 1 saturated heterocycles. The van der Waals surface area contributed by atoms with Crippen LogP contribution in [0.2, 0.25) is 0 Å². The van der Waals surface area contributed by atoms with Gasteiger partial charge in [-0.2, -0.15) is 0 Å². The molecular formula is C26H41Br2NO4. The fraction of sp³-hybridized carbons (Fsp3) is 0.769. The van der Waals surface area contributed by atoms with Gasteiger partial charge in [-0.1, -0.05) is 29.8 Å². The highest BCUT2D eigenvalue weighted by atomic mass is 79.9. The number of ether oxygens (including phenoxy) is 4. The van der Waals surface area contributed by atoms with E-state index in [1.807, 2.05) is 6.07 Å². The molecule has 1 aromatic rings.